The summed E-state index contributed by atoms with van der Waals surface area (Å²) in [6.07, 6.45) is 0. The lowest BCUT2D eigenvalue weighted by Crippen LogP contribution is -2.39. The molecule has 0 spiro atoms. The van der Waals surface area contributed by atoms with E-state index in [1.54, 1.807) is 19.1 Å². The smallest absolute Gasteiger partial charge is 0.257 e. The van der Waals surface area contributed by atoms with E-state index in [1.165, 1.54) is 11.0 Å². The van der Waals surface area contributed by atoms with E-state index >= 15 is 0 Å². The molecule has 0 aromatic heterocycles. The molecule has 0 unspecified atom stereocenters. The van der Waals surface area contributed by atoms with Gasteiger partial charge < -0.3 is 9.80 Å². The molecule has 0 radical (unpaired) electrons. The van der Waals surface area contributed by atoms with Crippen LogP contribution in [0, 0.1) is 18.7 Å². The quantitative estimate of drug-likeness (QED) is 0.804. The highest BCUT2D eigenvalue weighted by atomic mass is 32.2. The third kappa shape index (κ3) is 2.65. The molecule has 2 saturated heterocycles. The summed E-state index contributed by atoms with van der Waals surface area (Å²) >= 11 is 0. The van der Waals surface area contributed by atoms with Crippen LogP contribution < -0.4 is 0 Å². The van der Waals surface area contributed by atoms with E-state index in [4.69, 9.17) is 0 Å². The minimum absolute atomic E-state index is 0.0475. The number of nitrogens with zero attached hydrogens (tertiary/aromatic N) is 2. The third-order valence-electron chi connectivity index (χ3n) is 5.05. The molecule has 23 heavy (non-hydrogen) atoms. The van der Waals surface area contributed by atoms with Crippen molar-refractivity contribution in [2.45, 2.75) is 18.2 Å². The van der Waals surface area contributed by atoms with Gasteiger partial charge in [-0.1, -0.05) is 12.1 Å². The minimum Gasteiger partial charge on any atom is -0.337 e. The molecular weight excluding hydrogens is 319 g/mol. The molecule has 0 aliphatic carbocycles. The summed E-state index contributed by atoms with van der Waals surface area (Å²) in [5.41, 5.74) is 0.616. The number of hydrogen-bond donors (Lipinski definition) is 0. The van der Waals surface area contributed by atoms with Gasteiger partial charge in [-0.15, -0.1) is 0 Å². The normalized spacial score (nSPS) is 29.1. The lowest BCUT2D eigenvalue weighted by molar-refractivity contribution is 0.0774. The number of benzene rings is 1. The molecule has 2 heterocycles. The molecule has 0 saturated carbocycles. The largest absolute Gasteiger partial charge is 0.337 e. The zero-order chi connectivity index (χ0) is 16.9. The van der Waals surface area contributed by atoms with Crippen LogP contribution in [0.2, 0.25) is 0 Å². The Morgan fingerprint density at radius 1 is 1.30 bits per heavy atom. The fourth-order valence-electron chi connectivity index (χ4n) is 3.79. The van der Waals surface area contributed by atoms with Crippen molar-refractivity contribution < 1.29 is 17.6 Å². The van der Waals surface area contributed by atoms with Crippen LogP contribution in [-0.4, -0.2) is 68.4 Å². The van der Waals surface area contributed by atoms with Crippen LogP contribution in [0.25, 0.3) is 0 Å². The standard InChI is InChI=1S/C16H21FN2O3S/c1-10-5-4-6-12(17)15(10)16(20)19-7-11-13(18(2)3)9-23(21,22)14(11)8-19/h4-6,11,13-14H,7-9H2,1-3H3/t11-,13+,14-/m0/s1. The monoisotopic (exact) mass is 340 g/mol. The van der Waals surface area contributed by atoms with Crippen molar-refractivity contribution in [1.82, 2.24) is 9.80 Å². The molecule has 1 aromatic carbocycles. The summed E-state index contributed by atoms with van der Waals surface area (Å²) in [5.74, 6) is -0.941. The summed E-state index contributed by atoms with van der Waals surface area (Å²) < 4.78 is 38.7. The van der Waals surface area contributed by atoms with Gasteiger partial charge in [-0.05, 0) is 32.6 Å². The highest BCUT2D eigenvalue weighted by Gasteiger charge is 2.53. The molecule has 3 rings (SSSR count). The number of carbonyl (C=O) groups excluding carboxylic acids is 1. The third-order valence-corrected chi connectivity index (χ3v) is 7.28. The van der Waals surface area contributed by atoms with Gasteiger partial charge in [0.05, 0.1) is 16.6 Å². The second kappa shape index (κ2) is 5.56. The number of halogens is 1. The fourth-order valence-corrected chi connectivity index (χ4v) is 6.27. The van der Waals surface area contributed by atoms with Crippen LogP contribution in [-0.2, 0) is 9.84 Å². The van der Waals surface area contributed by atoms with E-state index in [0.717, 1.165) is 0 Å². The van der Waals surface area contributed by atoms with E-state index in [2.05, 4.69) is 0 Å². The van der Waals surface area contributed by atoms with Crippen LogP contribution >= 0.6 is 0 Å². The number of sulfone groups is 1. The zero-order valence-electron chi connectivity index (χ0n) is 13.5. The highest BCUT2D eigenvalue weighted by Crippen LogP contribution is 2.36. The molecule has 1 amide bonds. The first-order chi connectivity index (χ1) is 10.7. The predicted molar refractivity (Wildman–Crippen MR) is 85.6 cm³/mol. The van der Waals surface area contributed by atoms with Crippen LogP contribution in [0.15, 0.2) is 18.2 Å². The maximum Gasteiger partial charge on any atom is 0.257 e. The first-order valence-corrected chi connectivity index (χ1v) is 9.36. The van der Waals surface area contributed by atoms with Crippen molar-refractivity contribution in [3.8, 4) is 0 Å². The van der Waals surface area contributed by atoms with Gasteiger partial charge in [0.1, 0.15) is 5.82 Å². The first kappa shape index (κ1) is 16.4. The average Bonchev–Trinajstić information content (AvgIpc) is 2.98. The molecule has 5 nitrogen and oxygen atoms in total. The summed E-state index contributed by atoms with van der Waals surface area (Å²) in [6.45, 7) is 2.20. The maximum absolute atomic E-state index is 14.0. The van der Waals surface area contributed by atoms with Crippen LogP contribution in [0.5, 0.6) is 0 Å². The van der Waals surface area contributed by atoms with Gasteiger partial charge >= 0.3 is 0 Å². The van der Waals surface area contributed by atoms with Crippen molar-refractivity contribution in [2.75, 3.05) is 32.9 Å². The topological polar surface area (TPSA) is 57.7 Å². The van der Waals surface area contributed by atoms with E-state index in [1.807, 2.05) is 19.0 Å². The molecule has 2 aliphatic heterocycles. The first-order valence-electron chi connectivity index (χ1n) is 7.64. The fraction of sp³-hybridized carbons (Fsp3) is 0.562. The molecule has 0 bridgehead atoms. The second-order valence-electron chi connectivity index (χ2n) is 6.70. The number of fused-ring (bicyclic) bond motifs is 1. The van der Waals surface area contributed by atoms with E-state index < -0.39 is 26.8 Å². The summed E-state index contributed by atoms with van der Waals surface area (Å²) in [5, 5.41) is -0.536. The summed E-state index contributed by atoms with van der Waals surface area (Å²) in [6, 6.07) is 4.42. The number of hydrogen-bond acceptors (Lipinski definition) is 4. The Kier molecular flexibility index (Phi) is 3.96. The lowest BCUT2D eigenvalue weighted by Gasteiger charge is -2.25. The van der Waals surface area contributed by atoms with Crippen molar-refractivity contribution in [3.63, 3.8) is 0 Å². The van der Waals surface area contributed by atoms with E-state index in [0.29, 0.717) is 12.1 Å². The number of aryl methyl sites for hydroxylation is 1. The Morgan fingerprint density at radius 2 is 2.00 bits per heavy atom. The molecule has 7 heteroatoms. The molecule has 1 aromatic rings. The molecule has 0 N–H and O–H groups in total. The Labute approximate surface area is 136 Å². The predicted octanol–water partition coefficient (Wildman–Crippen LogP) is 0.933. The number of likely N-dealkylation sites (tertiary alicyclic amines) is 1. The Hall–Kier alpha value is -1.47. The van der Waals surface area contributed by atoms with Crippen LogP contribution in [0.4, 0.5) is 4.39 Å². The summed E-state index contributed by atoms with van der Waals surface area (Å²) in [4.78, 5) is 16.1. The average molecular weight is 340 g/mol. The highest BCUT2D eigenvalue weighted by molar-refractivity contribution is 7.92. The van der Waals surface area contributed by atoms with Gasteiger partial charge in [-0.25, -0.2) is 12.8 Å². The Balaban J connectivity index is 1.89. The molecule has 3 atom stereocenters. The van der Waals surface area contributed by atoms with Gasteiger partial charge in [-0.2, -0.15) is 0 Å². The van der Waals surface area contributed by atoms with E-state index in [9.17, 15) is 17.6 Å². The number of carbonyl (C=O) groups is 1. The summed E-state index contributed by atoms with van der Waals surface area (Å²) in [7, 11) is 0.494. The molecule has 126 valence electrons. The number of rotatable bonds is 2. The molecular formula is C16H21FN2O3S. The van der Waals surface area contributed by atoms with Crippen LogP contribution in [0.3, 0.4) is 0 Å². The van der Waals surface area contributed by atoms with E-state index in [-0.39, 0.29) is 29.8 Å². The maximum atomic E-state index is 14.0. The zero-order valence-corrected chi connectivity index (χ0v) is 14.3. The second-order valence-corrected chi connectivity index (χ2v) is 8.97. The molecule has 2 aliphatic rings. The van der Waals surface area contributed by atoms with Crippen molar-refractivity contribution in [1.29, 1.82) is 0 Å². The van der Waals surface area contributed by atoms with Gasteiger partial charge in [0.25, 0.3) is 5.91 Å². The van der Waals surface area contributed by atoms with Gasteiger partial charge in [0.15, 0.2) is 9.84 Å². The minimum atomic E-state index is -3.22. The Bertz CT molecular complexity index is 727. The van der Waals surface area contributed by atoms with Crippen molar-refractivity contribution >= 4 is 15.7 Å². The van der Waals surface area contributed by atoms with Crippen molar-refractivity contribution in [2.24, 2.45) is 5.92 Å². The SMILES string of the molecule is Cc1cccc(F)c1C(=O)N1C[C@H]2[C@H](N(C)C)CS(=O)(=O)[C@H]2C1. The van der Waals surface area contributed by atoms with Crippen LogP contribution in [0.1, 0.15) is 15.9 Å². The Morgan fingerprint density at radius 3 is 2.61 bits per heavy atom. The number of amides is 1. The van der Waals surface area contributed by atoms with Gasteiger partial charge in [-0.3, -0.25) is 4.79 Å². The molecule has 2 fully saturated rings. The lowest BCUT2D eigenvalue weighted by atomic mass is 10.00. The van der Waals surface area contributed by atoms with Gasteiger partial charge in [0, 0.05) is 25.0 Å². The van der Waals surface area contributed by atoms with Crippen molar-refractivity contribution in [3.05, 3.63) is 35.1 Å². The van der Waals surface area contributed by atoms with Gasteiger partial charge in [0.2, 0.25) is 0 Å².